The van der Waals surface area contributed by atoms with E-state index in [1.54, 1.807) is 6.07 Å². The number of aromatic nitrogens is 2. The summed E-state index contributed by atoms with van der Waals surface area (Å²) in [5.41, 5.74) is 1.53. The molecule has 0 radical (unpaired) electrons. The summed E-state index contributed by atoms with van der Waals surface area (Å²) >= 11 is 0. The minimum atomic E-state index is -0.183. The molecule has 1 heterocycles. The summed E-state index contributed by atoms with van der Waals surface area (Å²) in [5.74, 6) is 2.40. The van der Waals surface area contributed by atoms with Crippen molar-refractivity contribution in [1.82, 2.24) is 9.78 Å². The zero-order valence-electron chi connectivity index (χ0n) is 8.63. The minimum absolute atomic E-state index is 0.183. The van der Waals surface area contributed by atoms with Gasteiger partial charge < -0.3 is 0 Å². The van der Waals surface area contributed by atoms with Crippen molar-refractivity contribution in [1.29, 1.82) is 0 Å². The summed E-state index contributed by atoms with van der Waals surface area (Å²) in [4.78, 5) is 11.4. The quantitative estimate of drug-likeness (QED) is 0.705. The Balaban J connectivity index is 2.49. The first kappa shape index (κ1) is 10.2. The van der Waals surface area contributed by atoms with E-state index in [0.29, 0.717) is 0 Å². The first-order chi connectivity index (χ1) is 7.81. The second-order valence-corrected chi connectivity index (χ2v) is 3.28. The highest BCUT2D eigenvalue weighted by atomic mass is 16.1. The van der Waals surface area contributed by atoms with Gasteiger partial charge in [0.1, 0.15) is 6.54 Å². The van der Waals surface area contributed by atoms with Crippen LogP contribution in [-0.2, 0) is 6.54 Å². The fraction of sp³-hybridized carbons (Fsp3) is 0.0769. The molecule has 0 spiro atoms. The molecule has 0 aliphatic carbocycles. The van der Waals surface area contributed by atoms with Gasteiger partial charge in [-0.25, -0.2) is 4.68 Å². The predicted molar refractivity (Wildman–Crippen MR) is 62.8 cm³/mol. The average molecular weight is 210 g/mol. The molecule has 0 unspecified atom stereocenters. The van der Waals surface area contributed by atoms with Crippen molar-refractivity contribution in [2.45, 2.75) is 6.54 Å². The Morgan fingerprint density at radius 3 is 2.62 bits per heavy atom. The molecule has 16 heavy (non-hydrogen) atoms. The summed E-state index contributed by atoms with van der Waals surface area (Å²) in [6.45, 7) is 0.194. The van der Waals surface area contributed by atoms with Gasteiger partial charge in [-0.15, -0.1) is 6.42 Å². The molecule has 0 fully saturated rings. The summed E-state index contributed by atoms with van der Waals surface area (Å²) in [6, 6.07) is 12.8. The smallest absolute Gasteiger partial charge is 0.267 e. The molecule has 3 heteroatoms. The highest BCUT2D eigenvalue weighted by Gasteiger charge is 2.01. The van der Waals surface area contributed by atoms with E-state index in [4.69, 9.17) is 6.42 Å². The number of hydrogen-bond donors (Lipinski definition) is 0. The Morgan fingerprint density at radius 2 is 1.94 bits per heavy atom. The lowest BCUT2D eigenvalue weighted by atomic mass is 10.1. The number of terminal acetylenes is 1. The van der Waals surface area contributed by atoms with E-state index in [1.807, 2.05) is 30.3 Å². The molecule has 0 saturated carbocycles. The lowest BCUT2D eigenvalue weighted by molar-refractivity contribution is 0.667. The van der Waals surface area contributed by atoms with Crippen LogP contribution in [0.15, 0.2) is 47.3 Å². The van der Waals surface area contributed by atoms with Gasteiger partial charge in [0.05, 0.1) is 5.69 Å². The minimum Gasteiger partial charge on any atom is -0.268 e. The van der Waals surface area contributed by atoms with Crippen molar-refractivity contribution in [2.75, 3.05) is 0 Å². The van der Waals surface area contributed by atoms with Crippen LogP contribution in [-0.4, -0.2) is 9.78 Å². The first-order valence-electron chi connectivity index (χ1n) is 4.88. The monoisotopic (exact) mass is 210 g/mol. The Morgan fingerprint density at radius 1 is 1.19 bits per heavy atom. The van der Waals surface area contributed by atoms with Gasteiger partial charge in [0.15, 0.2) is 0 Å². The van der Waals surface area contributed by atoms with Gasteiger partial charge in [-0.2, -0.15) is 5.10 Å². The molecule has 0 aliphatic heterocycles. The third kappa shape index (κ3) is 2.01. The predicted octanol–water partition coefficient (Wildman–Crippen LogP) is 1.54. The molecule has 0 amide bonds. The summed E-state index contributed by atoms with van der Waals surface area (Å²) < 4.78 is 1.28. The second-order valence-electron chi connectivity index (χ2n) is 3.28. The van der Waals surface area contributed by atoms with Gasteiger partial charge >= 0.3 is 0 Å². The summed E-state index contributed by atoms with van der Waals surface area (Å²) in [7, 11) is 0. The van der Waals surface area contributed by atoms with Gasteiger partial charge in [-0.05, 0) is 6.07 Å². The van der Waals surface area contributed by atoms with Crippen molar-refractivity contribution in [3.63, 3.8) is 0 Å². The molecule has 0 atom stereocenters. The summed E-state index contributed by atoms with van der Waals surface area (Å²) in [6.07, 6.45) is 5.17. The van der Waals surface area contributed by atoms with E-state index in [0.717, 1.165) is 11.3 Å². The van der Waals surface area contributed by atoms with Gasteiger partial charge in [0, 0.05) is 11.6 Å². The first-order valence-corrected chi connectivity index (χ1v) is 4.88. The van der Waals surface area contributed by atoms with Gasteiger partial charge in [0.25, 0.3) is 5.56 Å². The fourth-order valence-electron chi connectivity index (χ4n) is 1.41. The van der Waals surface area contributed by atoms with Crippen molar-refractivity contribution in [2.24, 2.45) is 0 Å². The zero-order chi connectivity index (χ0) is 11.4. The van der Waals surface area contributed by atoms with Gasteiger partial charge in [0.2, 0.25) is 0 Å². The van der Waals surface area contributed by atoms with Crippen molar-refractivity contribution >= 4 is 0 Å². The highest BCUT2D eigenvalue weighted by molar-refractivity contribution is 5.57. The molecule has 78 valence electrons. The molecule has 0 saturated heterocycles. The maximum Gasteiger partial charge on any atom is 0.267 e. The Hall–Kier alpha value is -2.34. The molecule has 0 N–H and O–H groups in total. The zero-order valence-corrected chi connectivity index (χ0v) is 8.63. The third-order valence-corrected chi connectivity index (χ3v) is 2.18. The van der Waals surface area contributed by atoms with Crippen LogP contribution in [0.5, 0.6) is 0 Å². The normalized spacial score (nSPS) is 9.69. The fourth-order valence-corrected chi connectivity index (χ4v) is 1.41. The van der Waals surface area contributed by atoms with Crippen LogP contribution < -0.4 is 5.56 Å². The topological polar surface area (TPSA) is 34.9 Å². The standard InChI is InChI=1S/C13H10N2O/c1-2-10-15-13(16)9-8-12(14-15)11-6-4-3-5-7-11/h1,3-9H,10H2. The van der Waals surface area contributed by atoms with E-state index in [2.05, 4.69) is 11.0 Å². The van der Waals surface area contributed by atoms with Crippen LogP contribution in [0, 0.1) is 12.3 Å². The largest absolute Gasteiger partial charge is 0.268 e. The van der Waals surface area contributed by atoms with Crippen molar-refractivity contribution in [3.8, 4) is 23.6 Å². The molecule has 3 nitrogen and oxygen atoms in total. The molecule has 0 bridgehead atoms. The van der Waals surface area contributed by atoms with Crippen LogP contribution in [0.25, 0.3) is 11.3 Å². The molecule has 1 aromatic heterocycles. The van der Waals surface area contributed by atoms with E-state index in [9.17, 15) is 4.79 Å². The molecule has 1 aromatic carbocycles. The van der Waals surface area contributed by atoms with Crippen molar-refractivity contribution in [3.05, 3.63) is 52.8 Å². The van der Waals surface area contributed by atoms with Crippen LogP contribution in [0.2, 0.25) is 0 Å². The van der Waals surface area contributed by atoms with Gasteiger partial charge in [-0.3, -0.25) is 4.79 Å². The van der Waals surface area contributed by atoms with Crippen molar-refractivity contribution < 1.29 is 0 Å². The maximum absolute atomic E-state index is 11.4. The molecule has 2 rings (SSSR count). The van der Waals surface area contributed by atoms with Crippen LogP contribution in [0.3, 0.4) is 0 Å². The molecule has 2 aromatic rings. The summed E-state index contributed by atoms with van der Waals surface area (Å²) in [5, 5.41) is 4.19. The Kier molecular flexibility index (Phi) is 2.84. The number of hydrogen-bond acceptors (Lipinski definition) is 2. The Labute approximate surface area is 93.4 Å². The van der Waals surface area contributed by atoms with E-state index in [-0.39, 0.29) is 12.1 Å². The van der Waals surface area contributed by atoms with E-state index < -0.39 is 0 Å². The number of rotatable bonds is 2. The SMILES string of the molecule is C#CCn1nc(-c2ccccc2)ccc1=O. The van der Waals surface area contributed by atoms with Crippen LogP contribution >= 0.6 is 0 Å². The third-order valence-electron chi connectivity index (χ3n) is 2.18. The lowest BCUT2D eigenvalue weighted by Crippen LogP contribution is -2.21. The van der Waals surface area contributed by atoms with Crippen LogP contribution in [0.4, 0.5) is 0 Å². The second kappa shape index (κ2) is 4.45. The lowest BCUT2D eigenvalue weighted by Gasteiger charge is -2.03. The van der Waals surface area contributed by atoms with Crippen LogP contribution in [0.1, 0.15) is 0 Å². The highest BCUT2D eigenvalue weighted by Crippen LogP contribution is 2.13. The molecule has 0 aliphatic rings. The maximum atomic E-state index is 11.4. The molecular weight excluding hydrogens is 200 g/mol. The number of benzene rings is 1. The average Bonchev–Trinajstić information content (AvgIpc) is 2.33. The molecular formula is C13H10N2O. The van der Waals surface area contributed by atoms with E-state index >= 15 is 0 Å². The van der Waals surface area contributed by atoms with E-state index in [1.165, 1.54) is 10.7 Å². The number of nitrogens with zero attached hydrogens (tertiary/aromatic N) is 2. The van der Waals surface area contributed by atoms with Gasteiger partial charge in [-0.1, -0.05) is 36.3 Å². The Bertz CT molecular complexity index is 579.